The third-order valence-electron chi connectivity index (χ3n) is 2.98. The Morgan fingerprint density at radius 2 is 2.08 bits per heavy atom. The lowest BCUT2D eigenvalue weighted by Gasteiger charge is -2.35. The first-order chi connectivity index (χ1) is 5.77. The van der Waals surface area contributed by atoms with Gasteiger partial charge in [0.05, 0.1) is 0 Å². The highest BCUT2D eigenvalue weighted by molar-refractivity contribution is 4.79. The summed E-state index contributed by atoms with van der Waals surface area (Å²) in [6, 6.07) is 0.760. The Morgan fingerprint density at radius 1 is 1.42 bits per heavy atom. The van der Waals surface area contributed by atoms with E-state index in [1.54, 1.807) is 0 Å². The summed E-state index contributed by atoms with van der Waals surface area (Å²) < 4.78 is 0. The minimum Gasteiger partial charge on any atom is -0.316 e. The van der Waals surface area contributed by atoms with E-state index in [1.165, 1.54) is 32.6 Å². The molecule has 1 N–H and O–H groups in total. The van der Waals surface area contributed by atoms with E-state index in [2.05, 4.69) is 31.0 Å². The zero-order chi connectivity index (χ0) is 8.97. The third kappa shape index (κ3) is 2.46. The van der Waals surface area contributed by atoms with Crippen LogP contribution in [0.5, 0.6) is 0 Å². The predicted octanol–water partition coefficient (Wildman–Crippen LogP) is 1.33. The first kappa shape index (κ1) is 10.0. The Kier molecular flexibility index (Phi) is 4.02. The molecule has 2 nitrogen and oxygen atoms in total. The van der Waals surface area contributed by atoms with Crippen LogP contribution in [-0.4, -0.2) is 37.1 Å². The van der Waals surface area contributed by atoms with Crippen molar-refractivity contribution in [1.29, 1.82) is 0 Å². The predicted molar refractivity (Wildman–Crippen MR) is 53.4 cm³/mol. The molecule has 1 fully saturated rings. The molecule has 0 saturated carbocycles. The molecule has 0 amide bonds. The van der Waals surface area contributed by atoms with Gasteiger partial charge in [-0.2, -0.15) is 0 Å². The summed E-state index contributed by atoms with van der Waals surface area (Å²) >= 11 is 0. The van der Waals surface area contributed by atoms with E-state index in [4.69, 9.17) is 0 Å². The molecule has 12 heavy (non-hydrogen) atoms. The summed E-state index contributed by atoms with van der Waals surface area (Å²) in [7, 11) is 0. The maximum absolute atomic E-state index is 3.32. The van der Waals surface area contributed by atoms with Crippen molar-refractivity contribution in [3.8, 4) is 0 Å². The van der Waals surface area contributed by atoms with Crippen LogP contribution in [0.15, 0.2) is 0 Å². The lowest BCUT2D eigenvalue weighted by Crippen LogP contribution is -2.49. The summed E-state index contributed by atoms with van der Waals surface area (Å²) in [5, 5.41) is 3.32. The van der Waals surface area contributed by atoms with Gasteiger partial charge in [-0.25, -0.2) is 0 Å². The van der Waals surface area contributed by atoms with Crippen LogP contribution in [0.2, 0.25) is 0 Å². The lowest BCUT2D eigenvalue weighted by molar-refractivity contribution is 0.155. The zero-order valence-electron chi connectivity index (χ0n) is 8.64. The highest BCUT2D eigenvalue weighted by atomic mass is 15.2. The van der Waals surface area contributed by atoms with Crippen LogP contribution in [-0.2, 0) is 0 Å². The van der Waals surface area contributed by atoms with Gasteiger partial charge in [-0.3, -0.25) is 0 Å². The largest absolute Gasteiger partial charge is 0.316 e. The van der Waals surface area contributed by atoms with Crippen LogP contribution in [0.4, 0.5) is 0 Å². The normalized spacial score (nSPS) is 21.0. The van der Waals surface area contributed by atoms with E-state index in [0.717, 1.165) is 12.0 Å². The molecule has 2 heteroatoms. The monoisotopic (exact) mass is 170 g/mol. The second-order valence-electron chi connectivity index (χ2n) is 3.87. The van der Waals surface area contributed by atoms with Crippen LogP contribution >= 0.6 is 0 Å². The minimum absolute atomic E-state index is 0.760. The van der Waals surface area contributed by atoms with Gasteiger partial charge in [0.2, 0.25) is 0 Å². The molecule has 1 atom stereocenters. The zero-order valence-corrected chi connectivity index (χ0v) is 8.64. The van der Waals surface area contributed by atoms with E-state index in [0.29, 0.717) is 0 Å². The molecule has 0 aromatic heterocycles. The van der Waals surface area contributed by atoms with E-state index >= 15 is 0 Å². The Morgan fingerprint density at radius 3 is 2.42 bits per heavy atom. The number of nitrogens with one attached hydrogen (secondary N) is 1. The quantitative estimate of drug-likeness (QED) is 0.669. The van der Waals surface area contributed by atoms with Crippen LogP contribution in [0.3, 0.4) is 0 Å². The molecular weight excluding hydrogens is 148 g/mol. The summed E-state index contributed by atoms with van der Waals surface area (Å²) in [5.41, 5.74) is 0. The second kappa shape index (κ2) is 4.83. The van der Waals surface area contributed by atoms with E-state index in [9.17, 15) is 0 Å². The molecule has 1 saturated heterocycles. The molecule has 0 aliphatic carbocycles. The molecule has 0 bridgehead atoms. The van der Waals surface area contributed by atoms with Crippen molar-refractivity contribution in [2.24, 2.45) is 5.92 Å². The first-order valence-electron chi connectivity index (χ1n) is 5.22. The average molecular weight is 170 g/mol. The molecular formula is C10H22N2. The lowest BCUT2D eigenvalue weighted by atomic mass is 10.0. The first-order valence-corrected chi connectivity index (χ1v) is 5.22. The van der Waals surface area contributed by atoms with Gasteiger partial charge >= 0.3 is 0 Å². The number of rotatable bonds is 5. The Labute approximate surface area is 76.3 Å². The fraction of sp³-hybridized carbons (Fsp3) is 1.00. The van der Waals surface area contributed by atoms with Gasteiger partial charge in [-0.1, -0.05) is 13.8 Å². The summed E-state index contributed by atoms with van der Waals surface area (Å²) in [6.07, 6.45) is 1.27. The summed E-state index contributed by atoms with van der Waals surface area (Å²) in [4.78, 5) is 2.59. The summed E-state index contributed by atoms with van der Waals surface area (Å²) in [5.74, 6) is 0.916. The van der Waals surface area contributed by atoms with E-state index in [-0.39, 0.29) is 0 Å². The molecule has 1 aliphatic heterocycles. The molecule has 1 aliphatic rings. The SMILES string of the molecule is CCC(C)N(CC)CC1CNC1. The van der Waals surface area contributed by atoms with Gasteiger partial charge in [0, 0.05) is 25.7 Å². The van der Waals surface area contributed by atoms with Gasteiger partial charge in [-0.15, -0.1) is 0 Å². The smallest absolute Gasteiger partial charge is 0.00643 e. The molecule has 72 valence electrons. The third-order valence-corrected chi connectivity index (χ3v) is 2.98. The van der Waals surface area contributed by atoms with Gasteiger partial charge in [0.15, 0.2) is 0 Å². The maximum Gasteiger partial charge on any atom is 0.00643 e. The Balaban J connectivity index is 2.23. The van der Waals surface area contributed by atoms with Crippen molar-refractivity contribution in [2.75, 3.05) is 26.2 Å². The molecule has 1 unspecified atom stereocenters. The second-order valence-corrected chi connectivity index (χ2v) is 3.87. The number of hydrogen-bond acceptors (Lipinski definition) is 2. The fourth-order valence-corrected chi connectivity index (χ4v) is 1.69. The molecule has 1 rings (SSSR count). The molecule has 0 aromatic rings. The van der Waals surface area contributed by atoms with Crippen molar-refractivity contribution < 1.29 is 0 Å². The number of hydrogen-bond donors (Lipinski definition) is 1. The van der Waals surface area contributed by atoms with Crippen molar-refractivity contribution in [3.63, 3.8) is 0 Å². The van der Waals surface area contributed by atoms with Gasteiger partial charge in [0.25, 0.3) is 0 Å². The topological polar surface area (TPSA) is 15.3 Å². The van der Waals surface area contributed by atoms with Crippen molar-refractivity contribution in [1.82, 2.24) is 10.2 Å². The van der Waals surface area contributed by atoms with E-state index in [1.807, 2.05) is 0 Å². The number of nitrogens with zero attached hydrogens (tertiary/aromatic N) is 1. The molecule has 0 radical (unpaired) electrons. The van der Waals surface area contributed by atoms with Crippen LogP contribution in [0.1, 0.15) is 27.2 Å². The van der Waals surface area contributed by atoms with Gasteiger partial charge < -0.3 is 10.2 Å². The Bertz CT molecular complexity index is 121. The minimum atomic E-state index is 0.760. The highest BCUT2D eigenvalue weighted by Gasteiger charge is 2.21. The average Bonchev–Trinajstić information content (AvgIpc) is 2.02. The standard InChI is InChI=1S/C10H22N2/c1-4-9(3)12(5-2)8-10-6-11-7-10/h9-11H,4-8H2,1-3H3. The van der Waals surface area contributed by atoms with Crippen molar-refractivity contribution in [3.05, 3.63) is 0 Å². The van der Waals surface area contributed by atoms with Crippen molar-refractivity contribution >= 4 is 0 Å². The van der Waals surface area contributed by atoms with Crippen LogP contribution < -0.4 is 5.32 Å². The van der Waals surface area contributed by atoms with E-state index < -0.39 is 0 Å². The molecule has 0 spiro atoms. The Hall–Kier alpha value is -0.0800. The van der Waals surface area contributed by atoms with Crippen LogP contribution in [0.25, 0.3) is 0 Å². The summed E-state index contributed by atoms with van der Waals surface area (Å²) in [6.45, 7) is 11.8. The van der Waals surface area contributed by atoms with Crippen molar-refractivity contribution in [2.45, 2.75) is 33.2 Å². The van der Waals surface area contributed by atoms with Gasteiger partial charge in [0.1, 0.15) is 0 Å². The van der Waals surface area contributed by atoms with Gasteiger partial charge in [-0.05, 0) is 25.8 Å². The highest BCUT2D eigenvalue weighted by Crippen LogP contribution is 2.10. The maximum atomic E-state index is 3.32. The molecule has 1 heterocycles. The van der Waals surface area contributed by atoms with Crippen LogP contribution in [0, 0.1) is 5.92 Å². The molecule has 0 aromatic carbocycles. The fourth-order valence-electron chi connectivity index (χ4n) is 1.69.